The Morgan fingerprint density at radius 3 is 2.37 bits per heavy atom. The van der Waals surface area contributed by atoms with Gasteiger partial charge in [0.25, 0.3) is 0 Å². The zero-order valence-electron chi connectivity index (χ0n) is 25.5. The van der Waals surface area contributed by atoms with Gasteiger partial charge < -0.3 is 34.6 Å². The van der Waals surface area contributed by atoms with Crippen LogP contribution in [0, 0.1) is 23.2 Å². The van der Waals surface area contributed by atoms with Crippen molar-refractivity contribution in [2.45, 2.75) is 45.3 Å². The third-order valence-electron chi connectivity index (χ3n) is 8.91. The van der Waals surface area contributed by atoms with Crippen molar-refractivity contribution in [1.29, 1.82) is 5.26 Å². The van der Waals surface area contributed by atoms with Crippen molar-refractivity contribution in [3.05, 3.63) is 36.2 Å². The molecule has 2 aromatic rings. The van der Waals surface area contributed by atoms with Gasteiger partial charge in [-0.25, -0.2) is 19.6 Å². The number of likely N-dealkylation sites (N-methyl/N-ethyl adjacent to an activating group) is 1. The fourth-order valence-corrected chi connectivity index (χ4v) is 6.70. The van der Waals surface area contributed by atoms with E-state index in [1.54, 1.807) is 11.1 Å². The number of likely N-dealkylation sites (tertiary alicyclic amines) is 1. The lowest BCUT2D eigenvalue weighted by Crippen LogP contribution is -2.49. The van der Waals surface area contributed by atoms with Crippen LogP contribution in [-0.2, 0) is 4.74 Å². The molecule has 0 bridgehead atoms. The number of piperidine rings is 1. The molecule has 1 aromatic heterocycles. The third kappa shape index (κ3) is 6.12. The summed E-state index contributed by atoms with van der Waals surface area (Å²) in [6.45, 7) is 12.0. The molecule has 3 amide bonds. The minimum absolute atomic E-state index is 0.0866. The SMILES string of the molecule is CN1CCN([C@@H]2CCCN(c3cnc(C#N)c(Nc4ccc(N5CC6CN(C(=O)OC(C)(C)C)CC6C5)cc4)n3)C2)C1=O. The number of ether oxygens (including phenoxy) is 1. The molecule has 1 N–H and O–H groups in total. The van der Waals surface area contributed by atoms with Crippen LogP contribution in [0.5, 0.6) is 0 Å². The number of amides is 3. The standard InChI is InChI=1S/C31H41N9O3/c1-31(2,3)43-30(42)39-18-21-16-38(17-22(21)19-39)24-9-7-23(8-10-24)34-28-26(14-32)33-15-27(35-28)37-11-5-6-25(20-37)40-13-12-36(4)29(40)41/h7-10,15,21-22,25H,5-6,11-13,16-20H2,1-4H3,(H,34,35)/t21?,22?,25-/m1/s1. The first kappa shape index (κ1) is 28.8. The Labute approximate surface area is 253 Å². The third-order valence-corrected chi connectivity index (χ3v) is 8.91. The van der Waals surface area contributed by atoms with Crippen molar-refractivity contribution in [1.82, 2.24) is 24.7 Å². The minimum atomic E-state index is -0.485. The monoisotopic (exact) mass is 587 g/mol. The number of fused-ring (bicyclic) bond motifs is 1. The van der Waals surface area contributed by atoms with E-state index in [2.05, 4.69) is 38.3 Å². The summed E-state index contributed by atoms with van der Waals surface area (Å²) >= 11 is 0. The number of nitrogens with zero attached hydrogens (tertiary/aromatic N) is 8. The van der Waals surface area contributed by atoms with Gasteiger partial charge in [0.05, 0.1) is 12.2 Å². The Morgan fingerprint density at radius 2 is 1.74 bits per heavy atom. The van der Waals surface area contributed by atoms with Crippen LogP contribution in [0.2, 0.25) is 0 Å². The van der Waals surface area contributed by atoms with Crippen LogP contribution in [0.25, 0.3) is 0 Å². The normalized spacial score (nSPS) is 23.9. The first-order valence-corrected chi connectivity index (χ1v) is 15.2. The summed E-state index contributed by atoms with van der Waals surface area (Å²) in [7, 11) is 1.84. The molecule has 0 spiro atoms. The van der Waals surface area contributed by atoms with Gasteiger partial charge in [-0.1, -0.05) is 0 Å². The molecule has 0 saturated carbocycles. The fourth-order valence-electron chi connectivity index (χ4n) is 6.70. The van der Waals surface area contributed by atoms with Crippen LogP contribution < -0.4 is 15.1 Å². The molecule has 3 atom stereocenters. The van der Waals surface area contributed by atoms with Crippen molar-refractivity contribution >= 4 is 35.1 Å². The van der Waals surface area contributed by atoms with E-state index in [-0.39, 0.29) is 23.9 Å². The lowest BCUT2D eigenvalue weighted by Gasteiger charge is -2.37. The summed E-state index contributed by atoms with van der Waals surface area (Å²) < 4.78 is 5.57. The largest absolute Gasteiger partial charge is 0.444 e. The first-order valence-electron chi connectivity index (χ1n) is 15.2. The van der Waals surface area contributed by atoms with Crippen LogP contribution >= 0.6 is 0 Å². The molecule has 6 rings (SSSR count). The van der Waals surface area contributed by atoms with Gasteiger partial charge >= 0.3 is 12.1 Å². The lowest BCUT2D eigenvalue weighted by molar-refractivity contribution is 0.0282. The zero-order valence-corrected chi connectivity index (χ0v) is 25.5. The summed E-state index contributed by atoms with van der Waals surface area (Å²) in [5, 5.41) is 13.0. The molecule has 4 aliphatic rings. The van der Waals surface area contributed by atoms with Crippen molar-refractivity contribution in [3.63, 3.8) is 0 Å². The Bertz CT molecular complexity index is 1390. The summed E-state index contributed by atoms with van der Waals surface area (Å²) in [6.07, 6.45) is 3.36. The lowest BCUT2D eigenvalue weighted by atomic mass is 10.0. The summed E-state index contributed by atoms with van der Waals surface area (Å²) in [5.74, 6) is 1.98. The number of nitrogens with one attached hydrogen (secondary N) is 1. The Morgan fingerprint density at radius 1 is 1.02 bits per heavy atom. The number of hydrogen-bond donors (Lipinski definition) is 1. The Kier molecular flexibility index (Phi) is 7.66. The number of anilines is 4. The molecule has 0 radical (unpaired) electrons. The molecule has 4 aliphatic heterocycles. The number of carbonyl (C=O) groups excluding carboxylic acids is 2. The number of carbonyl (C=O) groups is 2. The number of nitriles is 1. The summed E-state index contributed by atoms with van der Waals surface area (Å²) in [4.78, 5) is 44.4. The Balaban J connectivity index is 1.08. The van der Waals surface area contributed by atoms with Gasteiger partial charge in [-0.2, -0.15) is 5.26 Å². The van der Waals surface area contributed by atoms with Crippen LogP contribution in [0.1, 0.15) is 39.3 Å². The molecule has 4 saturated heterocycles. The average Bonchev–Trinajstić information content (AvgIpc) is 3.66. The van der Waals surface area contributed by atoms with E-state index >= 15 is 0 Å². The maximum Gasteiger partial charge on any atom is 0.410 e. The van der Waals surface area contributed by atoms with Crippen molar-refractivity contribution in [2.75, 3.05) is 74.5 Å². The zero-order chi connectivity index (χ0) is 30.3. The molecular weight excluding hydrogens is 546 g/mol. The first-order chi connectivity index (χ1) is 20.6. The van der Waals surface area contributed by atoms with Gasteiger partial charge in [-0.05, 0) is 57.9 Å². The highest BCUT2D eigenvalue weighted by Crippen LogP contribution is 2.35. The second-order valence-electron chi connectivity index (χ2n) is 13.2. The van der Waals surface area contributed by atoms with Crippen LogP contribution in [-0.4, -0.2) is 108 Å². The molecule has 228 valence electrons. The maximum atomic E-state index is 12.6. The van der Waals surface area contributed by atoms with E-state index in [1.165, 1.54) is 0 Å². The maximum absolute atomic E-state index is 12.6. The van der Waals surface area contributed by atoms with Gasteiger partial charge in [0.1, 0.15) is 17.5 Å². The highest BCUT2D eigenvalue weighted by atomic mass is 16.6. The summed E-state index contributed by atoms with van der Waals surface area (Å²) in [5.41, 5.74) is 1.70. The summed E-state index contributed by atoms with van der Waals surface area (Å²) in [6, 6.07) is 10.5. The predicted octanol–water partition coefficient (Wildman–Crippen LogP) is 3.73. The van der Waals surface area contributed by atoms with Gasteiger partial charge in [0, 0.05) is 82.6 Å². The van der Waals surface area contributed by atoms with Gasteiger partial charge in [-0.15, -0.1) is 0 Å². The van der Waals surface area contributed by atoms with E-state index in [1.807, 2.05) is 49.8 Å². The second kappa shape index (κ2) is 11.4. The molecule has 43 heavy (non-hydrogen) atoms. The van der Waals surface area contributed by atoms with E-state index in [0.29, 0.717) is 30.0 Å². The predicted molar refractivity (Wildman–Crippen MR) is 163 cm³/mol. The number of hydrogen-bond acceptors (Lipinski definition) is 9. The topological polar surface area (TPSA) is 121 Å². The molecule has 0 aliphatic carbocycles. The molecule has 2 unspecified atom stereocenters. The van der Waals surface area contributed by atoms with Crippen LogP contribution in [0.15, 0.2) is 30.5 Å². The Hall–Kier alpha value is -4.27. The molecule has 4 fully saturated rings. The number of benzene rings is 1. The van der Waals surface area contributed by atoms with Crippen LogP contribution in [0.4, 0.5) is 32.6 Å². The smallest absolute Gasteiger partial charge is 0.410 e. The number of aromatic nitrogens is 2. The minimum Gasteiger partial charge on any atom is -0.444 e. The van der Waals surface area contributed by atoms with E-state index in [0.717, 1.165) is 70.0 Å². The van der Waals surface area contributed by atoms with Gasteiger partial charge in [0.15, 0.2) is 11.5 Å². The fraction of sp³-hybridized carbons (Fsp3) is 0.581. The number of rotatable bonds is 5. The molecule has 1 aromatic carbocycles. The van der Waals surface area contributed by atoms with E-state index in [9.17, 15) is 14.9 Å². The molecule has 5 heterocycles. The van der Waals surface area contributed by atoms with Crippen molar-refractivity contribution in [3.8, 4) is 6.07 Å². The van der Waals surface area contributed by atoms with Crippen molar-refractivity contribution in [2.24, 2.45) is 11.8 Å². The highest BCUT2D eigenvalue weighted by molar-refractivity contribution is 5.76. The van der Waals surface area contributed by atoms with E-state index < -0.39 is 5.60 Å². The second-order valence-corrected chi connectivity index (χ2v) is 13.2. The van der Waals surface area contributed by atoms with Gasteiger partial charge in [0.2, 0.25) is 0 Å². The highest BCUT2D eigenvalue weighted by Gasteiger charge is 2.43. The quantitative estimate of drug-likeness (QED) is 0.558. The van der Waals surface area contributed by atoms with Crippen molar-refractivity contribution < 1.29 is 14.3 Å². The van der Waals surface area contributed by atoms with Crippen LogP contribution in [0.3, 0.4) is 0 Å². The van der Waals surface area contributed by atoms with E-state index in [4.69, 9.17) is 9.72 Å². The molecular formula is C31H41N9O3. The number of urea groups is 1. The molecule has 12 heteroatoms. The van der Waals surface area contributed by atoms with Gasteiger partial charge in [-0.3, -0.25) is 0 Å². The average molecular weight is 588 g/mol. The molecule has 12 nitrogen and oxygen atoms in total.